The summed E-state index contributed by atoms with van der Waals surface area (Å²) in [6, 6.07) is 5.13. The number of halogens is 1. The van der Waals surface area contributed by atoms with E-state index in [1.54, 1.807) is 18.2 Å². The van der Waals surface area contributed by atoms with Gasteiger partial charge in [0.15, 0.2) is 0 Å². The molecule has 5 heteroatoms. The maximum Gasteiger partial charge on any atom is 0.225 e. The monoisotopic (exact) mass is 295 g/mol. The van der Waals surface area contributed by atoms with Crippen molar-refractivity contribution in [2.75, 3.05) is 30.7 Å². The largest absolute Gasteiger partial charge is 0.397 e. The Bertz CT molecular complexity index is 482. The molecule has 1 aliphatic rings. The van der Waals surface area contributed by atoms with Gasteiger partial charge in [0.2, 0.25) is 5.91 Å². The Balaban J connectivity index is 1.79. The first-order valence-corrected chi connectivity index (χ1v) is 7.40. The second-order valence-electron chi connectivity index (χ2n) is 5.75. The number of carbonyl (C=O) groups is 1. The normalized spacial score (nSPS) is 22.9. The van der Waals surface area contributed by atoms with E-state index in [0.717, 1.165) is 19.6 Å². The average Bonchev–Trinajstić information content (AvgIpc) is 2.71. The smallest absolute Gasteiger partial charge is 0.225 e. The zero-order chi connectivity index (χ0) is 14.7. The Morgan fingerprint density at radius 3 is 2.65 bits per heavy atom. The lowest BCUT2D eigenvalue weighted by molar-refractivity contribution is -0.116. The number of nitrogens with zero attached hydrogens (tertiary/aromatic N) is 1. The first-order chi connectivity index (χ1) is 9.45. The summed E-state index contributed by atoms with van der Waals surface area (Å²) in [5.41, 5.74) is 6.88. The third-order valence-corrected chi connectivity index (χ3v) is 4.34. The summed E-state index contributed by atoms with van der Waals surface area (Å²) in [6.45, 7) is 7.51. The molecule has 2 atom stereocenters. The van der Waals surface area contributed by atoms with Crippen LogP contribution in [0.15, 0.2) is 18.2 Å². The van der Waals surface area contributed by atoms with Crippen molar-refractivity contribution in [3.63, 3.8) is 0 Å². The molecule has 0 saturated carbocycles. The van der Waals surface area contributed by atoms with Crippen molar-refractivity contribution in [1.29, 1.82) is 0 Å². The van der Waals surface area contributed by atoms with Gasteiger partial charge in [0, 0.05) is 31.7 Å². The maximum atomic E-state index is 11.9. The Hall–Kier alpha value is -1.26. The number of anilines is 2. The van der Waals surface area contributed by atoms with Gasteiger partial charge in [-0.2, -0.15) is 0 Å². The van der Waals surface area contributed by atoms with Crippen LogP contribution in [0.3, 0.4) is 0 Å². The van der Waals surface area contributed by atoms with Crippen LogP contribution < -0.4 is 11.1 Å². The van der Waals surface area contributed by atoms with Gasteiger partial charge in [-0.15, -0.1) is 0 Å². The van der Waals surface area contributed by atoms with Gasteiger partial charge < -0.3 is 16.0 Å². The lowest BCUT2D eigenvalue weighted by Crippen LogP contribution is -2.26. The number of nitrogens with one attached hydrogen (secondary N) is 1. The van der Waals surface area contributed by atoms with E-state index in [1.165, 1.54) is 0 Å². The van der Waals surface area contributed by atoms with Gasteiger partial charge in [0.1, 0.15) is 0 Å². The summed E-state index contributed by atoms with van der Waals surface area (Å²) >= 11 is 5.85. The van der Waals surface area contributed by atoms with Gasteiger partial charge in [-0.05, 0) is 30.0 Å². The highest BCUT2D eigenvalue weighted by atomic mass is 35.5. The van der Waals surface area contributed by atoms with Crippen molar-refractivity contribution < 1.29 is 4.79 Å². The van der Waals surface area contributed by atoms with Crippen LogP contribution >= 0.6 is 11.6 Å². The van der Waals surface area contributed by atoms with Crippen LogP contribution in [0, 0.1) is 11.8 Å². The van der Waals surface area contributed by atoms with Crippen molar-refractivity contribution in [2.24, 2.45) is 11.8 Å². The van der Waals surface area contributed by atoms with Crippen LogP contribution in [-0.4, -0.2) is 30.4 Å². The van der Waals surface area contributed by atoms with E-state index in [-0.39, 0.29) is 5.91 Å². The Kier molecular flexibility index (Phi) is 4.89. The predicted molar refractivity (Wildman–Crippen MR) is 83.9 cm³/mol. The molecule has 20 heavy (non-hydrogen) atoms. The number of hydrogen-bond donors (Lipinski definition) is 2. The van der Waals surface area contributed by atoms with Crippen molar-refractivity contribution in [3.8, 4) is 0 Å². The number of carbonyl (C=O) groups excluding carboxylic acids is 1. The molecule has 1 aliphatic heterocycles. The molecule has 110 valence electrons. The first-order valence-electron chi connectivity index (χ1n) is 7.03. The molecule has 4 nitrogen and oxygen atoms in total. The van der Waals surface area contributed by atoms with E-state index in [2.05, 4.69) is 24.1 Å². The van der Waals surface area contributed by atoms with Gasteiger partial charge >= 0.3 is 0 Å². The fourth-order valence-corrected chi connectivity index (χ4v) is 2.65. The Labute approximate surface area is 125 Å². The molecule has 3 N–H and O–H groups in total. The molecule has 1 fully saturated rings. The first kappa shape index (κ1) is 15.1. The molecule has 2 rings (SSSR count). The van der Waals surface area contributed by atoms with E-state index < -0.39 is 0 Å². The van der Waals surface area contributed by atoms with Crippen molar-refractivity contribution in [1.82, 2.24) is 4.90 Å². The number of hydrogen-bond acceptors (Lipinski definition) is 3. The minimum Gasteiger partial charge on any atom is -0.397 e. The molecular weight excluding hydrogens is 274 g/mol. The SMILES string of the molecule is CC1CN(CCC(=O)Nc2ccc(Cl)c(N)c2)CC1C. The van der Waals surface area contributed by atoms with Crippen LogP contribution in [0.1, 0.15) is 20.3 Å². The second kappa shape index (κ2) is 6.46. The third-order valence-electron chi connectivity index (χ3n) is 4.00. The summed E-state index contributed by atoms with van der Waals surface area (Å²) in [7, 11) is 0. The number of nitrogen functional groups attached to an aromatic ring is 1. The summed E-state index contributed by atoms with van der Waals surface area (Å²) in [5, 5.41) is 3.35. The van der Waals surface area contributed by atoms with Crippen LogP contribution in [0.25, 0.3) is 0 Å². The Morgan fingerprint density at radius 2 is 2.05 bits per heavy atom. The number of rotatable bonds is 4. The van der Waals surface area contributed by atoms with Gasteiger partial charge in [-0.1, -0.05) is 25.4 Å². The molecule has 0 bridgehead atoms. The zero-order valence-corrected chi connectivity index (χ0v) is 12.8. The molecule has 1 amide bonds. The van der Waals surface area contributed by atoms with E-state index in [4.69, 9.17) is 17.3 Å². The third kappa shape index (κ3) is 3.87. The molecule has 2 unspecified atom stereocenters. The van der Waals surface area contributed by atoms with Crippen molar-refractivity contribution in [2.45, 2.75) is 20.3 Å². The average molecular weight is 296 g/mol. The van der Waals surface area contributed by atoms with Crippen molar-refractivity contribution >= 4 is 28.9 Å². The van der Waals surface area contributed by atoms with Gasteiger partial charge in [0.25, 0.3) is 0 Å². The molecule has 0 aromatic heterocycles. The summed E-state index contributed by atoms with van der Waals surface area (Å²) in [5.74, 6) is 1.45. The number of likely N-dealkylation sites (tertiary alicyclic amines) is 1. The molecule has 0 spiro atoms. The highest BCUT2D eigenvalue weighted by Gasteiger charge is 2.25. The molecule has 1 aromatic rings. The summed E-state index contributed by atoms with van der Waals surface area (Å²) < 4.78 is 0. The highest BCUT2D eigenvalue weighted by molar-refractivity contribution is 6.33. The standard InChI is InChI=1S/C15H22ClN3O/c1-10-8-19(9-11(10)2)6-5-15(20)18-12-3-4-13(16)14(17)7-12/h3-4,7,10-11H,5-6,8-9,17H2,1-2H3,(H,18,20). The van der Waals surface area contributed by atoms with E-state index in [9.17, 15) is 4.79 Å². The van der Waals surface area contributed by atoms with Gasteiger partial charge in [-0.3, -0.25) is 4.79 Å². The topological polar surface area (TPSA) is 58.4 Å². The molecule has 1 heterocycles. The van der Waals surface area contributed by atoms with E-state index in [0.29, 0.717) is 34.7 Å². The molecule has 1 aromatic carbocycles. The van der Waals surface area contributed by atoms with Gasteiger partial charge in [0.05, 0.1) is 10.7 Å². The van der Waals surface area contributed by atoms with Crippen LogP contribution in [-0.2, 0) is 4.79 Å². The summed E-state index contributed by atoms with van der Waals surface area (Å²) in [4.78, 5) is 14.3. The lowest BCUT2D eigenvalue weighted by atomic mass is 10.0. The molecule has 0 aliphatic carbocycles. The number of amides is 1. The van der Waals surface area contributed by atoms with E-state index >= 15 is 0 Å². The maximum absolute atomic E-state index is 11.9. The van der Waals surface area contributed by atoms with Crippen LogP contribution in [0.5, 0.6) is 0 Å². The van der Waals surface area contributed by atoms with Crippen molar-refractivity contribution in [3.05, 3.63) is 23.2 Å². The van der Waals surface area contributed by atoms with Gasteiger partial charge in [-0.25, -0.2) is 0 Å². The minimum atomic E-state index is 0.0129. The fraction of sp³-hybridized carbons (Fsp3) is 0.533. The number of nitrogens with two attached hydrogens (primary N) is 1. The predicted octanol–water partition coefficient (Wildman–Crippen LogP) is 2.84. The minimum absolute atomic E-state index is 0.0129. The zero-order valence-electron chi connectivity index (χ0n) is 12.0. The Morgan fingerprint density at radius 1 is 1.40 bits per heavy atom. The van der Waals surface area contributed by atoms with Crippen LogP contribution in [0.2, 0.25) is 5.02 Å². The quantitative estimate of drug-likeness (QED) is 0.840. The van der Waals surface area contributed by atoms with E-state index in [1.807, 2.05) is 0 Å². The van der Waals surface area contributed by atoms with Crippen LogP contribution in [0.4, 0.5) is 11.4 Å². The molecular formula is C15H22ClN3O. The highest BCUT2D eigenvalue weighted by Crippen LogP contribution is 2.23. The molecule has 1 saturated heterocycles. The lowest BCUT2D eigenvalue weighted by Gasteiger charge is -2.15. The fourth-order valence-electron chi connectivity index (χ4n) is 2.54. The molecule has 0 radical (unpaired) electrons. The summed E-state index contributed by atoms with van der Waals surface area (Å²) in [6.07, 6.45) is 0.502. The number of benzene rings is 1. The second-order valence-corrected chi connectivity index (χ2v) is 6.16.